The van der Waals surface area contributed by atoms with Gasteiger partial charge in [-0.2, -0.15) is 0 Å². The quantitative estimate of drug-likeness (QED) is 0.682. The van der Waals surface area contributed by atoms with Crippen LogP contribution >= 0.6 is 0 Å². The van der Waals surface area contributed by atoms with Crippen LogP contribution < -0.4 is 5.32 Å². The maximum Gasteiger partial charge on any atom is 0.324 e. The predicted octanol–water partition coefficient (Wildman–Crippen LogP) is 0.601. The summed E-state index contributed by atoms with van der Waals surface area (Å²) < 4.78 is 5.00. The Morgan fingerprint density at radius 2 is 2.13 bits per heavy atom. The van der Waals surface area contributed by atoms with Crippen LogP contribution in [0.4, 0.5) is 4.79 Å². The average molecular weight is 214 g/mol. The fourth-order valence-corrected chi connectivity index (χ4v) is 1.58. The number of imide groups is 1. The molecule has 0 aromatic carbocycles. The Labute approximate surface area is 89.8 Å². The topological polar surface area (TPSA) is 58.6 Å². The highest BCUT2D eigenvalue weighted by molar-refractivity contribution is 6.01. The lowest BCUT2D eigenvalue weighted by molar-refractivity contribution is -0.118. The van der Waals surface area contributed by atoms with E-state index in [0.717, 1.165) is 6.42 Å². The molecule has 1 N–H and O–H groups in total. The van der Waals surface area contributed by atoms with Gasteiger partial charge in [-0.1, -0.05) is 13.8 Å². The molecule has 1 rings (SSSR count). The van der Waals surface area contributed by atoms with Gasteiger partial charge in [-0.25, -0.2) is 4.79 Å². The van der Waals surface area contributed by atoms with Crippen molar-refractivity contribution in [1.82, 2.24) is 10.2 Å². The number of hydrogen-bond donors (Lipinski definition) is 1. The highest BCUT2D eigenvalue weighted by atomic mass is 16.5. The van der Waals surface area contributed by atoms with Gasteiger partial charge >= 0.3 is 6.03 Å². The van der Waals surface area contributed by atoms with Gasteiger partial charge in [-0.15, -0.1) is 0 Å². The summed E-state index contributed by atoms with van der Waals surface area (Å²) >= 11 is 0. The molecular formula is C10H18N2O3. The van der Waals surface area contributed by atoms with Gasteiger partial charge in [-0.05, 0) is 11.8 Å². The van der Waals surface area contributed by atoms with E-state index >= 15 is 0 Å². The highest BCUT2D eigenvalue weighted by Gasteiger charge is 2.31. The van der Waals surface area contributed by atoms with Gasteiger partial charge in [0.1, 0.15) is 6.54 Å². The summed E-state index contributed by atoms with van der Waals surface area (Å²) in [6.07, 6.45) is 0.863. The lowest BCUT2D eigenvalue weighted by atomic mass is 9.89. The summed E-state index contributed by atoms with van der Waals surface area (Å²) in [6.45, 7) is 5.53. The highest BCUT2D eigenvalue weighted by Crippen LogP contribution is 2.22. The number of ether oxygens (including phenoxy) is 1. The SMILES string of the molecule is COCCC(C)(C)CN1CC(=O)NC1=O. The largest absolute Gasteiger partial charge is 0.385 e. The van der Waals surface area contributed by atoms with Gasteiger partial charge in [0.05, 0.1) is 0 Å². The zero-order valence-corrected chi connectivity index (χ0v) is 9.50. The maximum atomic E-state index is 11.3. The smallest absolute Gasteiger partial charge is 0.324 e. The number of methoxy groups -OCH3 is 1. The monoisotopic (exact) mass is 214 g/mol. The van der Waals surface area contributed by atoms with Crippen LogP contribution in [-0.2, 0) is 9.53 Å². The Balaban J connectivity index is 2.46. The second-order valence-corrected chi connectivity index (χ2v) is 4.62. The van der Waals surface area contributed by atoms with Crippen LogP contribution in [0.5, 0.6) is 0 Å². The summed E-state index contributed by atoms with van der Waals surface area (Å²) in [7, 11) is 1.65. The van der Waals surface area contributed by atoms with Gasteiger partial charge in [0.2, 0.25) is 5.91 Å². The van der Waals surface area contributed by atoms with E-state index in [4.69, 9.17) is 4.74 Å². The number of hydrogen-bond acceptors (Lipinski definition) is 3. The van der Waals surface area contributed by atoms with Gasteiger partial charge in [0.25, 0.3) is 0 Å². The molecule has 0 aliphatic carbocycles. The number of nitrogens with one attached hydrogen (secondary N) is 1. The molecule has 86 valence electrons. The molecule has 0 unspecified atom stereocenters. The first-order valence-electron chi connectivity index (χ1n) is 5.02. The van der Waals surface area contributed by atoms with Crippen molar-refractivity contribution in [3.05, 3.63) is 0 Å². The fourth-order valence-electron chi connectivity index (χ4n) is 1.58. The maximum absolute atomic E-state index is 11.3. The average Bonchev–Trinajstić information content (AvgIpc) is 2.41. The van der Waals surface area contributed by atoms with Crippen molar-refractivity contribution < 1.29 is 14.3 Å². The van der Waals surface area contributed by atoms with Crippen LogP contribution in [0.25, 0.3) is 0 Å². The molecule has 1 aliphatic heterocycles. The van der Waals surface area contributed by atoms with Gasteiger partial charge in [0, 0.05) is 20.3 Å². The van der Waals surface area contributed by atoms with Crippen molar-refractivity contribution in [2.45, 2.75) is 20.3 Å². The van der Waals surface area contributed by atoms with Crippen LogP contribution in [0.15, 0.2) is 0 Å². The molecule has 15 heavy (non-hydrogen) atoms. The number of amides is 3. The number of nitrogens with zero attached hydrogens (tertiary/aromatic N) is 1. The van der Waals surface area contributed by atoms with E-state index in [9.17, 15) is 9.59 Å². The van der Waals surface area contributed by atoms with E-state index in [1.54, 1.807) is 7.11 Å². The zero-order chi connectivity index (χ0) is 11.5. The standard InChI is InChI=1S/C10H18N2O3/c1-10(2,4-5-15-3)7-12-6-8(13)11-9(12)14/h4-7H2,1-3H3,(H,11,13,14). The lowest BCUT2D eigenvalue weighted by Gasteiger charge is -2.28. The first-order chi connectivity index (χ1) is 6.94. The number of carbonyl (C=O) groups excluding carboxylic acids is 2. The Bertz CT molecular complexity index is 263. The molecule has 0 aromatic rings. The molecule has 0 radical (unpaired) electrons. The molecule has 1 heterocycles. The molecule has 0 saturated carbocycles. The summed E-state index contributed by atoms with van der Waals surface area (Å²) in [5, 5.41) is 2.26. The third kappa shape index (κ3) is 3.51. The molecule has 0 aromatic heterocycles. The summed E-state index contributed by atoms with van der Waals surface area (Å²) in [5.74, 6) is -0.220. The molecule has 1 fully saturated rings. The molecule has 1 aliphatic rings. The van der Waals surface area contributed by atoms with Crippen LogP contribution in [0.2, 0.25) is 0 Å². The fraction of sp³-hybridized carbons (Fsp3) is 0.800. The molecule has 0 spiro atoms. The second-order valence-electron chi connectivity index (χ2n) is 4.62. The van der Waals surface area contributed by atoms with Gasteiger partial charge < -0.3 is 9.64 Å². The third-order valence-corrected chi connectivity index (χ3v) is 2.47. The minimum atomic E-state index is -0.287. The van der Waals surface area contributed by atoms with Crippen LogP contribution in [0, 0.1) is 5.41 Å². The predicted molar refractivity (Wildman–Crippen MR) is 55.4 cm³/mol. The molecule has 1 saturated heterocycles. The molecule has 5 heteroatoms. The Morgan fingerprint density at radius 3 is 2.60 bits per heavy atom. The third-order valence-electron chi connectivity index (χ3n) is 2.47. The van der Waals surface area contributed by atoms with Crippen molar-refractivity contribution in [2.75, 3.05) is 26.8 Å². The molecular weight excluding hydrogens is 196 g/mol. The normalized spacial score (nSPS) is 17.1. The van der Waals surface area contributed by atoms with Crippen molar-refractivity contribution in [3.8, 4) is 0 Å². The first kappa shape index (κ1) is 12.0. The summed E-state index contributed by atoms with van der Waals surface area (Å²) in [5.41, 5.74) is -0.0298. The number of carbonyl (C=O) groups is 2. The van der Waals surface area contributed by atoms with Crippen molar-refractivity contribution >= 4 is 11.9 Å². The van der Waals surface area contributed by atoms with Crippen LogP contribution in [0.1, 0.15) is 20.3 Å². The molecule has 0 bridgehead atoms. The van der Waals surface area contributed by atoms with E-state index < -0.39 is 0 Å². The molecule has 3 amide bonds. The van der Waals surface area contributed by atoms with Crippen LogP contribution in [0.3, 0.4) is 0 Å². The van der Waals surface area contributed by atoms with Crippen LogP contribution in [-0.4, -0.2) is 43.6 Å². The van der Waals surface area contributed by atoms with Gasteiger partial charge in [-0.3, -0.25) is 10.1 Å². The number of rotatable bonds is 5. The zero-order valence-electron chi connectivity index (χ0n) is 9.50. The minimum Gasteiger partial charge on any atom is -0.385 e. The van der Waals surface area contributed by atoms with E-state index in [1.165, 1.54) is 4.90 Å². The van der Waals surface area contributed by atoms with E-state index in [2.05, 4.69) is 19.2 Å². The van der Waals surface area contributed by atoms with Crippen molar-refractivity contribution in [2.24, 2.45) is 5.41 Å². The van der Waals surface area contributed by atoms with E-state index in [0.29, 0.717) is 13.2 Å². The van der Waals surface area contributed by atoms with E-state index in [-0.39, 0.29) is 23.9 Å². The molecule has 5 nitrogen and oxygen atoms in total. The Morgan fingerprint density at radius 1 is 1.47 bits per heavy atom. The van der Waals surface area contributed by atoms with Gasteiger partial charge in [0.15, 0.2) is 0 Å². The lowest BCUT2D eigenvalue weighted by Crippen LogP contribution is -2.37. The Hall–Kier alpha value is -1.10. The van der Waals surface area contributed by atoms with E-state index in [1.807, 2.05) is 0 Å². The number of urea groups is 1. The van der Waals surface area contributed by atoms with Crippen molar-refractivity contribution in [1.29, 1.82) is 0 Å². The second kappa shape index (κ2) is 4.61. The summed E-state index contributed by atoms with van der Waals surface area (Å²) in [6, 6.07) is -0.287. The first-order valence-corrected chi connectivity index (χ1v) is 5.02. The minimum absolute atomic E-state index is 0.0298. The molecule has 0 atom stereocenters. The Kier molecular flexibility index (Phi) is 3.68. The summed E-state index contributed by atoms with van der Waals surface area (Å²) in [4.78, 5) is 23.8. The van der Waals surface area contributed by atoms with Crippen molar-refractivity contribution in [3.63, 3.8) is 0 Å².